The first-order valence-electron chi connectivity index (χ1n) is 9.17. The van der Waals surface area contributed by atoms with Gasteiger partial charge in [0.15, 0.2) is 0 Å². The number of hydrogen-bond donors (Lipinski definition) is 1. The van der Waals surface area contributed by atoms with Gasteiger partial charge in [-0.3, -0.25) is 14.9 Å². The molecule has 0 radical (unpaired) electrons. The number of carbonyl (C=O) groups excluding carboxylic acids is 3. The number of benzene rings is 2. The van der Waals surface area contributed by atoms with Gasteiger partial charge in [0.25, 0.3) is 11.8 Å². The highest BCUT2D eigenvalue weighted by molar-refractivity contribution is 6.39. The van der Waals surface area contributed by atoms with Gasteiger partial charge in [-0.2, -0.15) is 0 Å². The highest BCUT2D eigenvalue weighted by Gasteiger charge is 2.37. The standard InChI is InChI=1S/C22H22N2O4/c1-4-15-9-5-7-11-18(15)24-21(26)17(20(25)23-22(24)27)13-16-10-6-8-12-19(16)28-14(2)3/h5-14H,4H2,1-3H3,(H,23,25,27)/b17-13-. The van der Waals surface area contributed by atoms with Crippen LogP contribution in [0.25, 0.3) is 6.08 Å². The molecule has 0 spiro atoms. The van der Waals surface area contributed by atoms with Gasteiger partial charge in [-0.05, 0) is 44.0 Å². The van der Waals surface area contributed by atoms with E-state index in [1.165, 1.54) is 6.08 Å². The molecule has 0 aliphatic carbocycles. The number of urea groups is 1. The second kappa shape index (κ2) is 8.08. The Morgan fingerprint density at radius 2 is 1.71 bits per heavy atom. The molecule has 0 bridgehead atoms. The predicted molar refractivity (Wildman–Crippen MR) is 107 cm³/mol. The lowest BCUT2D eigenvalue weighted by Gasteiger charge is -2.28. The summed E-state index contributed by atoms with van der Waals surface area (Å²) in [5.74, 6) is -0.823. The molecule has 0 unspecified atom stereocenters. The van der Waals surface area contributed by atoms with Crippen molar-refractivity contribution < 1.29 is 19.1 Å². The zero-order valence-corrected chi connectivity index (χ0v) is 16.1. The van der Waals surface area contributed by atoms with Gasteiger partial charge in [-0.1, -0.05) is 43.3 Å². The van der Waals surface area contributed by atoms with E-state index in [0.717, 1.165) is 10.5 Å². The van der Waals surface area contributed by atoms with Crippen LogP contribution in [0.1, 0.15) is 31.9 Å². The fraction of sp³-hybridized carbons (Fsp3) is 0.227. The van der Waals surface area contributed by atoms with E-state index in [9.17, 15) is 14.4 Å². The minimum Gasteiger partial charge on any atom is -0.490 e. The van der Waals surface area contributed by atoms with Crippen molar-refractivity contribution in [2.24, 2.45) is 0 Å². The SMILES string of the molecule is CCc1ccccc1N1C(=O)NC(=O)/C(=C/c2ccccc2OC(C)C)C1=O. The maximum atomic E-state index is 13.1. The lowest BCUT2D eigenvalue weighted by Crippen LogP contribution is -2.54. The van der Waals surface area contributed by atoms with Gasteiger partial charge in [0.05, 0.1) is 11.8 Å². The Morgan fingerprint density at radius 3 is 2.43 bits per heavy atom. The Labute approximate surface area is 163 Å². The van der Waals surface area contributed by atoms with Gasteiger partial charge >= 0.3 is 6.03 Å². The van der Waals surface area contributed by atoms with Gasteiger partial charge in [0.1, 0.15) is 11.3 Å². The Bertz CT molecular complexity index is 963. The number of para-hydroxylation sites is 2. The monoisotopic (exact) mass is 378 g/mol. The van der Waals surface area contributed by atoms with E-state index in [1.54, 1.807) is 30.3 Å². The molecule has 1 N–H and O–H groups in total. The molecular weight excluding hydrogens is 356 g/mol. The number of ether oxygens (including phenoxy) is 1. The molecule has 0 saturated carbocycles. The van der Waals surface area contributed by atoms with E-state index in [0.29, 0.717) is 23.4 Å². The second-order valence-electron chi connectivity index (χ2n) is 6.64. The van der Waals surface area contributed by atoms with Crippen molar-refractivity contribution in [2.45, 2.75) is 33.3 Å². The van der Waals surface area contributed by atoms with Crippen molar-refractivity contribution in [3.63, 3.8) is 0 Å². The number of rotatable bonds is 5. The predicted octanol–water partition coefficient (Wildman–Crippen LogP) is 3.70. The summed E-state index contributed by atoms with van der Waals surface area (Å²) in [5, 5.41) is 2.26. The number of hydrogen-bond acceptors (Lipinski definition) is 4. The highest BCUT2D eigenvalue weighted by Crippen LogP contribution is 2.28. The van der Waals surface area contributed by atoms with Crippen molar-refractivity contribution in [3.8, 4) is 5.75 Å². The number of carbonyl (C=O) groups is 3. The van der Waals surface area contributed by atoms with E-state index in [-0.39, 0.29) is 11.7 Å². The smallest absolute Gasteiger partial charge is 0.335 e. The number of barbiturate groups is 1. The van der Waals surface area contributed by atoms with Crippen molar-refractivity contribution in [1.82, 2.24) is 5.32 Å². The van der Waals surface area contributed by atoms with Crippen molar-refractivity contribution in [2.75, 3.05) is 4.90 Å². The molecule has 1 fully saturated rings. The molecule has 144 valence electrons. The Kier molecular flexibility index (Phi) is 5.59. The first kappa shape index (κ1) is 19.4. The first-order chi connectivity index (χ1) is 13.4. The zero-order chi connectivity index (χ0) is 20.3. The number of amides is 4. The van der Waals surface area contributed by atoms with E-state index < -0.39 is 17.8 Å². The summed E-state index contributed by atoms with van der Waals surface area (Å²) in [6.07, 6.45) is 2.04. The molecule has 0 atom stereocenters. The molecule has 6 heteroatoms. The molecule has 1 heterocycles. The maximum absolute atomic E-state index is 13.1. The van der Waals surface area contributed by atoms with Crippen LogP contribution >= 0.6 is 0 Å². The normalized spacial score (nSPS) is 15.9. The number of nitrogens with zero attached hydrogens (tertiary/aromatic N) is 1. The Morgan fingerprint density at radius 1 is 1.04 bits per heavy atom. The molecule has 6 nitrogen and oxygen atoms in total. The Balaban J connectivity index is 2.05. The number of nitrogens with one attached hydrogen (secondary N) is 1. The lowest BCUT2D eigenvalue weighted by atomic mass is 10.0. The zero-order valence-electron chi connectivity index (χ0n) is 16.1. The van der Waals surface area contributed by atoms with Gasteiger partial charge in [0.2, 0.25) is 0 Å². The maximum Gasteiger partial charge on any atom is 0.335 e. The molecule has 1 aliphatic heterocycles. The fourth-order valence-electron chi connectivity index (χ4n) is 3.02. The fourth-order valence-corrected chi connectivity index (χ4v) is 3.02. The Hall–Kier alpha value is -3.41. The van der Waals surface area contributed by atoms with Gasteiger partial charge in [-0.15, -0.1) is 0 Å². The van der Waals surface area contributed by atoms with Crippen LogP contribution in [-0.2, 0) is 16.0 Å². The summed E-state index contributed by atoms with van der Waals surface area (Å²) in [6.45, 7) is 5.72. The third-order valence-corrected chi connectivity index (χ3v) is 4.30. The molecular formula is C22H22N2O4. The summed E-state index contributed by atoms with van der Waals surface area (Å²) >= 11 is 0. The van der Waals surface area contributed by atoms with Crippen LogP contribution < -0.4 is 15.0 Å². The molecule has 4 amide bonds. The highest BCUT2D eigenvalue weighted by atomic mass is 16.5. The van der Waals surface area contributed by atoms with Crippen molar-refractivity contribution >= 4 is 29.6 Å². The summed E-state index contributed by atoms with van der Waals surface area (Å²) in [6, 6.07) is 13.5. The third-order valence-electron chi connectivity index (χ3n) is 4.30. The molecule has 2 aromatic rings. The quantitative estimate of drug-likeness (QED) is 0.636. The molecule has 3 rings (SSSR count). The van der Waals surface area contributed by atoms with Crippen LogP contribution in [0.5, 0.6) is 5.75 Å². The summed E-state index contributed by atoms with van der Waals surface area (Å²) in [5.41, 5.74) is 1.78. The molecule has 0 aromatic heterocycles. The minimum atomic E-state index is -0.750. The lowest BCUT2D eigenvalue weighted by molar-refractivity contribution is -0.122. The van der Waals surface area contributed by atoms with Crippen LogP contribution in [0.2, 0.25) is 0 Å². The van der Waals surface area contributed by atoms with Crippen LogP contribution in [0.3, 0.4) is 0 Å². The number of imide groups is 2. The number of anilines is 1. The van der Waals surface area contributed by atoms with Crippen LogP contribution in [0, 0.1) is 0 Å². The van der Waals surface area contributed by atoms with E-state index in [2.05, 4.69) is 5.32 Å². The van der Waals surface area contributed by atoms with Gasteiger partial charge in [0, 0.05) is 5.56 Å². The molecule has 2 aromatic carbocycles. The largest absolute Gasteiger partial charge is 0.490 e. The van der Waals surface area contributed by atoms with Gasteiger partial charge < -0.3 is 4.74 Å². The summed E-state index contributed by atoms with van der Waals surface area (Å²) in [4.78, 5) is 38.9. The molecule has 1 saturated heterocycles. The van der Waals surface area contributed by atoms with E-state index >= 15 is 0 Å². The van der Waals surface area contributed by atoms with Gasteiger partial charge in [-0.25, -0.2) is 9.69 Å². The molecule has 28 heavy (non-hydrogen) atoms. The van der Waals surface area contributed by atoms with Crippen LogP contribution in [0.15, 0.2) is 54.1 Å². The molecule has 1 aliphatic rings. The van der Waals surface area contributed by atoms with Crippen LogP contribution in [-0.4, -0.2) is 23.9 Å². The second-order valence-corrected chi connectivity index (χ2v) is 6.64. The number of aryl methyl sites for hydroxylation is 1. The topological polar surface area (TPSA) is 75.7 Å². The van der Waals surface area contributed by atoms with Crippen LogP contribution in [0.4, 0.5) is 10.5 Å². The van der Waals surface area contributed by atoms with Crippen molar-refractivity contribution in [3.05, 3.63) is 65.2 Å². The van der Waals surface area contributed by atoms with Crippen molar-refractivity contribution in [1.29, 1.82) is 0 Å². The summed E-state index contributed by atoms with van der Waals surface area (Å²) in [7, 11) is 0. The third kappa shape index (κ3) is 3.81. The average molecular weight is 378 g/mol. The average Bonchev–Trinajstić information content (AvgIpc) is 2.66. The minimum absolute atomic E-state index is 0.0649. The first-order valence-corrected chi connectivity index (χ1v) is 9.17. The van der Waals surface area contributed by atoms with E-state index in [1.807, 2.05) is 39.0 Å². The summed E-state index contributed by atoms with van der Waals surface area (Å²) < 4.78 is 5.76. The van der Waals surface area contributed by atoms with E-state index in [4.69, 9.17) is 4.74 Å².